The van der Waals surface area contributed by atoms with Crippen molar-refractivity contribution in [1.29, 1.82) is 0 Å². The van der Waals surface area contributed by atoms with E-state index in [9.17, 15) is 28.3 Å². The molecule has 1 saturated heterocycles. The van der Waals surface area contributed by atoms with Crippen molar-refractivity contribution < 1.29 is 33.0 Å². The fourth-order valence-corrected chi connectivity index (χ4v) is 3.43. The van der Waals surface area contributed by atoms with E-state index >= 15 is 0 Å². The Bertz CT molecular complexity index is 983. The monoisotopic (exact) mass is 432 g/mol. The number of phenols is 1. The molecule has 2 amide bonds. The zero-order valence-corrected chi connectivity index (χ0v) is 16.9. The lowest BCUT2D eigenvalue weighted by atomic mass is 9.96. The maximum absolute atomic E-state index is 13.3. The topological polar surface area (TPSA) is 95.9 Å². The van der Waals surface area contributed by atoms with Gasteiger partial charge in [0, 0.05) is 36.5 Å². The molecule has 3 rings (SSSR count). The number of phenolic OH excluding ortho intramolecular Hbond substituents is 1. The highest BCUT2D eigenvalue weighted by Gasteiger charge is 2.29. The number of benzene rings is 2. The Morgan fingerprint density at radius 2 is 1.74 bits per heavy atom. The summed E-state index contributed by atoms with van der Waals surface area (Å²) in [5.74, 6) is -3.80. The highest BCUT2D eigenvalue weighted by atomic mass is 19.1. The van der Waals surface area contributed by atoms with Crippen LogP contribution in [0.4, 0.5) is 14.5 Å². The van der Waals surface area contributed by atoms with Crippen molar-refractivity contribution in [3.05, 3.63) is 59.2 Å². The number of hydrogen-bond acceptors (Lipinski definition) is 5. The SMILES string of the molecule is CCOC(=O)C1CCN(C(=O)c2ccc(NC(=O)c3cc(F)cc(F)c3)cc2O)CC1. The molecule has 0 bridgehead atoms. The Labute approximate surface area is 177 Å². The molecule has 0 atom stereocenters. The summed E-state index contributed by atoms with van der Waals surface area (Å²) in [4.78, 5) is 38.3. The number of aromatic hydroxyl groups is 1. The van der Waals surface area contributed by atoms with Crippen LogP contribution in [0.15, 0.2) is 36.4 Å². The molecule has 0 radical (unpaired) electrons. The molecule has 1 fully saturated rings. The summed E-state index contributed by atoms with van der Waals surface area (Å²) < 4.78 is 31.6. The lowest BCUT2D eigenvalue weighted by molar-refractivity contribution is -0.149. The lowest BCUT2D eigenvalue weighted by Crippen LogP contribution is -2.40. The summed E-state index contributed by atoms with van der Waals surface area (Å²) in [5, 5.41) is 12.7. The van der Waals surface area contributed by atoms with E-state index in [2.05, 4.69) is 5.32 Å². The van der Waals surface area contributed by atoms with E-state index in [1.54, 1.807) is 11.8 Å². The van der Waals surface area contributed by atoms with E-state index in [4.69, 9.17) is 4.74 Å². The van der Waals surface area contributed by atoms with Gasteiger partial charge in [0.2, 0.25) is 0 Å². The van der Waals surface area contributed by atoms with Gasteiger partial charge in [-0.3, -0.25) is 14.4 Å². The van der Waals surface area contributed by atoms with Crippen molar-refractivity contribution in [3.8, 4) is 5.75 Å². The molecule has 9 heteroatoms. The van der Waals surface area contributed by atoms with Gasteiger partial charge in [0.05, 0.1) is 18.1 Å². The van der Waals surface area contributed by atoms with Crippen molar-refractivity contribution in [1.82, 2.24) is 4.90 Å². The van der Waals surface area contributed by atoms with Crippen molar-refractivity contribution in [2.75, 3.05) is 25.0 Å². The number of nitrogens with zero attached hydrogens (tertiary/aromatic N) is 1. The third-order valence-electron chi connectivity index (χ3n) is 5.01. The molecular formula is C22H22F2N2O5. The summed E-state index contributed by atoms with van der Waals surface area (Å²) in [6, 6.07) is 6.37. The zero-order valence-electron chi connectivity index (χ0n) is 16.9. The van der Waals surface area contributed by atoms with Gasteiger partial charge in [0.15, 0.2) is 0 Å². The molecule has 2 aromatic carbocycles. The maximum atomic E-state index is 13.3. The van der Waals surface area contributed by atoms with Crippen LogP contribution < -0.4 is 5.32 Å². The molecule has 1 aliphatic rings. The van der Waals surface area contributed by atoms with Crippen LogP contribution in [0, 0.1) is 17.6 Å². The lowest BCUT2D eigenvalue weighted by Gasteiger charge is -2.31. The van der Waals surface area contributed by atoms with Crippen LogP contribution >= 0.6 is 0 Å². The number of piperidine rings is 1. The standard InChI is InChI=1S/C22H22F2N2O5/c1-2-31-22(30)13-5-7-26(8-6-13)21(29)18-4-3-17(12-19(18)27)25-20(28)14-9-15(23)11-16(24)10-14/h3-4,9-13,27H,2,5-8H2,1H3,(H,25,28). The van der Waals surface area contributed by atoms with Crippen LogP contribution in [0.5, 0.6) is 5.75 Å². The van der Waals surface area contributed by atoms with E-state index in [1.165, 1.54) is 18.2 Å². The largest absolute Gasteiger partial charge is 0.507 e. The number of rotatable bonds is 5. The minimum Gasteiger partial charge on any atom is -0.507 e. The summed E-state index contributed by atoms with van der Waals surface area (Å²) in [6.45, 7) is 2.75. The third kappa shape index (κ3) is 5.36. The Morgan fingerprint density at radius 3 is 2.32 bits per heavy atom. The molecule has 0 aliphatic carbocycles. The Hall–Kier alpha value is -3.49. The quantitative estimate of drug-likeness (QED) is 0.707. The van der Waals surface area contributed by atoms with Crippen molar-refractivity contribution in [3.63, 3.8) is 0 Å². The van der Waals surface area contributed by atoms with Crippen LogP contribution in [0.25, 0.3) is 0 Å². The predicted molar refractivity (Wildman–Crippen MR) is 108 cm³/mol. The van der Waals surface area contributed by atoms with Crippen LogP contribution in [0.1, 0.15) is 40.5 Å². The van der Waals surface area contributed by atoms with Gasteiger partial charge in [0.25, 0.3) is 11.8 Å². The number of likely N-dealkylation sites (tertiary alicyclic amines) is 1. The second kappa shape index (κ2) is 9.55. The number of amides is 2. The summed E-state index contributed by atoms with van der Waals surface area (Å²) in [7, 11) is 0. The molecule has 31 heavy (non-hydrogen) atoms. The second-order valence-electron chi connectivity index (χ2n) is 7.16. The van der Waals surface area contributed by atoms with Crippen molar-refractivity contribution in [2.45, 2.75) is 19.8 Å². The maximum Gasteiger partial charge on any atom is 0.309 e. The average Bonchev–Trinajstić information content (AvgIpc) is 2.73. The second-order valence-corrected chi connectivity index (χ2v) is 7.16. The van der Waals surface area contributed by atoms with E-state index in [0.29, 0.717) is 38.6 Å². The number of anilines is 1. The Balaban J connectivity index is 1.64. The molecular weight excluding hydrogens is 410 g/mol. The first-order valence-electron chi connectivity index (χ1n) is 9.85. The van der Waals surface area contributed by atoms with E-state index in [0.717, 1.165) is 12.1 Å². The molecule has 0 unspecified atom stereocenters. The van der Waals surface area contributed by atoms with Crippen LogP contribution in [-0.2, 0) is 9.53 Å². The third-order valence-corrected chi connectivity index (χ3v) is 5.01. The minimum absolute atomic E-state index is 0.0457. The molecule has 0 aromatic heterocycles. The molecule has 164 valence electrons. The van der Waals surface area contributed by atoms with Crippen LogP contribution in [0.2, 0.25) is 0 Å². The highest BCUT2D eigenvalue weighted by Crippen LogP contribution is 2.26. The fraction of sp³-hybridized carbons (Fsp3) is 0.318. The zero-order chi connectivity index (χ0) is 22.5. The van der Waals surface area contributed by atoms with E-state index in [1.807, 2.05) is 0 Å². The van der Waals surface area contributed by atoms with Crippen molar-refractivity contribution >= 4 is 23.5 Å². The van der Waals surface area contributed by atoms with Crippen LogP contribution in [-0.4, -0.2) is 47.5 Å². The molecule has 2 N–H and O–H groups in total. The molecule has 7 nitrogen and oxygen atoms in total. The average molecular weight is 432 g/mol. The summed E-state index contributed by atoms with van der Waals surface area (Å²) in [5.41, 5.74) is -0.0178. The van der Waals surface area contributed by atoms with Gasteiger partial charge in [-0.25, -0.2) is 8.78 Å². The van der Waals surface area contributed by atoms with Gasteiger partial charge >= 0.3 is 5.97 Å². The van der Waals surface area contributed by atoms with Crippen molar-refractivity contribution in [2.24, 2.45) is 5.92 Å². The van der Waals surface area contributed by atoms with E-state index < -0.39 is 23.4 Å². The number of ether oxygens (including phenoxy) is 1. The van der Waals surface area contributed by atoms with Gasteiger partial charge < -0.3 is 20.1 Å². The Morgan fingerprint density at radius 1 is 1.10 bits per heavy atom. The summed E-state index contributed by atoms with van der Waals surface area (Å²) in [6.07, 6.45) is 0.952. The number of carbonyl (C=O) groups excluding carboxylic acids is 3. The first-order valence-corrected chi connectivity index (χ1v) is 9.85. The Kier molecular flexibility index (Phi) is 6.84. The first-order chi connectivity index (χ1) is 14.8. The highest BCUT2D eigenvalue weighted by molar-refractivity contribution is 6.05. The number of esters is 1. The fourth-order valence-electron chi connectivity index (χ4n) is 3.43. The number of halogens is 2. The number of carbonyl (C=O) groups is 3. The van der Waals surface area contributed by atoms with E-state index in [-0.39, 0.29) is 34.5 Å². The van der Waals surface area contributed by atoms with Crippen LogP contribution in [0.3, 0.4) is 0 Å². The first kappa shape index (κ1) is 22.2. The normalized spacial score (nSPS) is 14.2. The van der Waals surface area contributed by atoms with Gasteiger partial charge in [0.1, 0.15) is 17.4 Å². The molecule has 2 aromatic rings. The smallest absolute Gasteiger partial charge is 0.309 e. The van der Waals surface area contributed by atoms with Gasteiger partial charge in [-0.2, -0.15) is 0 Å². The van der Waals surface area contributed by atoms with Gasteiger partial charge in [-0.1, -0.05) is 0 Å². The van der Waals surface area contributed by atoms with Gasteiger partial charge in [-0.15, -0.1) is 0 Å². The molecule has 0 saturated carbocycles. The number of hydrogen-bond donors (Lipinski definition) is 2. The predicted octanol–water partition coefficient (Wildman–Crippen LogP) is 3.34. The molecule has 1 aliphatic heterocycles. The number of nitrogens with one attached hydrogen (secondary N) is 1. The minimum atomic E-state index is -0.888. The summed E-state index contributed by atoms with van der Waals surface area (Å²) >= 11 is 0. The van der Waals surface area contributed by atoms with Gasteiger partial charge in [-0.05, 0) is 44.0 Å². The molecule has 1 heterocycles. The molecule has 0 spiro atoms.